The van der Waals surface area contributed by atoms with Crippen LogP contribution in [0.2, 0.25) is 0 Å². The van der Waals surface area contributed by atoms with E-state index in [-0.39, 0.29) is 19.0 Å². The second-order valence-electron chi connectivity index (χ2n) is 0.997. The third kappa shape index (κ3) is 7.28. The van der Waals surface area contributed by atoms with Crippen LogP contribution in [-0.4, -0.2) is 19.6 Å². The summed E-state index contributed by atoms with van der Waals surface area (Å²) in [5.74, 6) is 3.95. The van der Waals surface area contributed by atoms with E-state index in [1.807, 2.05) is 0 Å². The molecular formula is C5H8ClNO2. The normalized spacial score (nSPS) is 6.00. The topological polar surface area (TPSA) is 52.3 Å². The van der Waals surface area contributed by atoms with Gasteiger partial charge in [0.1, 0.15) is 0 Å². The van der Waals surface area contributed by atoms with Crippen molar-refractivity contribution in [2.75, 3.05) is 13.7 Å². The van der Waals surface area contributed by atoms with Gasteiger partial charge in [-0.1, -0.05) is 5.92 Å². The number of halogens is 1. The number of methoxy groups -OCH3 is 1. The second-order valence-corrected chi connectivity index (χ2v) is 0.997. The zero-order valence-corrected chi connectivity index (χ0v) is 5.83. The Morgan fingerprint density at radius 1 is 1.78 bits per heavy atom. The van der Waals surface area contributed by atoms with Crippen LogP contribution >= 0.6 is 12.4 Å². The molecule has 0 aromatic rings. The van der Waals surface area contributed by atoms with Gasteiger partial charge in [-0.3, -0.25) is 0 Å². The molecule has 0 atom stereocenters. The molecule has 0 aromatic carbocycles. The van der Waals surface area contributed by atoms with E-state index in [4.69, 9.17) is 5.73 Å². The van der Waals surface area contributed by atoms with Gasteiger partial charge in [0.25, 0.3) is 0 Å². The summed E-state index contributed by atoms with van der Waals surface area (Å²) in [6, 6.07) is 0. The predicted octanol–water partition coefficient (Wildman–Crippen LogP) is -0.457. The van der Waals surface area contributed by atoms with Gasteiger partial charge >= 0.3 is 5.97 Å². The van der Waals surface area contributed by atoms with Crippen molar-refractivity contribution in [2.24, 2.45) is 5.73 Å². The van der Waals surface area contributed by atoms with Gasteiger partial charge in [0.2, 0.25) is 0 Å². The molecule has 9 heavy (non-hydrogen) atoms. The van der Waals surface area contributed by atoms with E-state index in [0.717, 1.165) is 0 Å². The van der Waals surface area contributed by atoms with Gasteiger partial charge < -0.3 is 10.5 Å². The Morgan fingerprint density at radius 3 is 2.67 bits per heavy atom. The van der Waals surface area contributed by atoms with Crippen LogP contribution in [0.3, 0.4) is 0 Å². The lowest BCUT2D eigenvalue weighted by Crippen LogP contribution is -1.98. The molecule has 0 aliphatic carbocycles. The third-order valence-corrected chi connectivity index (χ3v) is 0.478. The summed E-state index contributed by atoms with van der Waals surface area (Å²) < 4.78 is 4.18. The number of carbonyl (C=O) groups excluding carboxylic acids is 1. The van der Waals surface area contributed by atoms with Crippen molar-refractivity contribution in [3.8, 4) is 11.8 Å². The molecule has 0 unspecified atom stereocenters. The first-order valence-electron chi connectivity index (χ1n) is 2.08. The number of esters is 1. The molecule has 0 saturated heterocycles. The van der Waals surface area contributed by atoms with Gasteiger partial charge in [0.15, 0.2) is 0 Å². The molecule has 0 amide bonds. The number of nitrogens with two attached hydrogens (primary N) is 1. The van der Waals surface area contributed by atoms with Crippen LogP contribution in [-0.2, 0) is 9.53 Å². The Hall–Kier alpha value is -0.720. The Morgan fingerprint density at radius 2 is 2.33 bits per heavy atom. The summed E-state index contributed by atoms with van der Waals surface area (Å²) in [7, 11) is 1.27. The van der Waals surface area contributed by atoms with Gasteiger partial charge in [-0.2, -0.15) is 0 Å². The van der Waals surface area contributed by atoms with Crippen LogP contribution in [0.15, 0.2) is 0 Å². The Kier molecular flexibility index (Phi) is 9.00. The van der Waals surface area contributed by atoms with Crippen LogP contribution in [0.4, 0.5) is 0 Å². The zero-order valence-electron chi connectivity index (χ0n) is 5.01. The quantitative estimate of drug-likeness (QED) is 0.288. The molecule has 0 rings (SSSR count). The first kappa shape index (κ1) is 11.1. The molecule has 0 aliphatic rings. The number of hydrogen-bond acceptors (Lipinski definition) is 3. The van der Waals surface area contributed by atoms with E-state index in [9.17, 15) is 4.79 Å². The van der Waals surface area contributed by atoms with E-state index < -0.39 is 5.97 Å². The molecule has 3 nitrogen and oxygen atoms in total. The fourth-order valence-electron chi connectivity index (χ4n) is 0.174. The minimum Gasteiger partial charge on any atom is -0.459 e. The van der Waals surface area contributed by atoms with Gasteiger partial charge in [0.05, 0.1) is 13.7 Å². The first-order chi connectivity index (χ1) is 3.81. The number of rotatable bonds is 0. The monoisotopic (exact) mass is 149 g/mol. The van der Waals surface area contributed by atoms with E-state index in [0.29, 0.717) is 0 Å². The first-order valence-corrected chi connectivity index (χ1v) is 2.08. The summed E-state index contributed by atoms with van der Waals surface area (Å²) in [6.07, 6.45) is 0. The zero-order chi connectivity index (χ0) is 6.41. The summed E-state index contributed by atoms with van der Waals surface area (Å²) in [5.41, 5.74) is 4.95. The predicted molar refractivity (Wildman–Crippen MR) is 36.1 cm³/mol. The van der Waals surface area contributed by atoms with E-state index in [1.165, 1.54) is 7.11 Å². The van der Waals surface area contributed by atoms with E-state index >= 15 is 0 Å². The van der Waals surface area contributed by atoms with Gasteiger partial charge in [-0.25, -0.2) is 4.79 Å². The average molecular weight is 150 g/mol. The minimum absolute atomic E-state index is 0. The number of hydrogen-bond donors (Lipinski definition) is 1. The van der Waals surface area contributed by atoms with Crippen LogP contribution < -0.4 is 5.73 Å². The molecule has 0 spiro atoms. The van der Waals surface area contributed by atoms with Crippen molar-refractivity contribution in [3.63, 3.8) is 0 Å². The van der Waals surface area contributed by atoms with Gasteiger partial charge in [-0.05, 0) is 0 Å². The van der Waals surface area contributed by atoms with Crippen molar-refractivity contribution in [1.29, 1.82) is 0 Å². The van der Waals surface area contributed by atoms with Crippen LogP contribution in [0.5, 0.6) is 0 Å². The van der Waals surface area contributed by atoms with Crippen molar-refractivity contribution in [2.45, 2.75) is 0 Å². The van der Waals surface area contributed by atoms with Crippen molar-refractivity contribution >= 4 is 18.4 Å². The highest BCUT2D eigenvalue weighted by Gasteiger charge is 1.85. The van der Waals surface area contributed by atoms with Crippen molar-refractivity contribution < 1.29 is 9.53 Å². The molecule has 0 fully saturated rings. The van der Waals surface area contributed by atoms with Crippen molar-refractivity contribution in [1.82, 2.24) is 0 Å². The highest BCUT2D eigenvalue weighted by Crippen LogP contribution is 1.64. The van der Waals surface area contributed by atoms with E-state index in [1.54, 1.807) is 0 Å². The molecule has 0 aromatic heterocycles. The second kappa shape index (κ2) is 7.28. The molecule has 0 aliphatic heterocycles. The standard InChI is InChI=1S/C5H7NO2.ClH/c1-8-5(7)3-2-4-6;/h4,6H2,1H3;1H. The lowest BCUT2D eigenvalue weighted by molar-refractivity contribution is -0.133. The lowest BCUT2D eigenvalue weighted by Gasteiger charge is -1.82. The summed E-state index contributed by atoms with van der Waals surface area (Å²) in [4.78, 5) is 10.1. The van der Waals surface area contributed by atoms with Gasteiger partial charge in [0, 0.05) is 5.92 Å². The van der Waals surface area contributed by atoms with Crippen molar-refractivity contribution in [3.05, 3.63) is 0 Å². The Labute approximate surface area is 60.0 Å². The summed E-state index contributed by atoms with van der Waals surface area (Å²) in [5, 5.41) is 0. The highest BCUT2D eigenvalue weighted by molar-refractivity contribution is 5.88. The molecule has 0 radical (unpaired) electrons. The third-order valence-electron chi connectivity index (χ3n) is 0.478. The molecule has 0 bridgehead atoms. The summed E-state index contributed by atoms with van der Waals surface area (Å²) in [6.45, 7) is 0.190. The molecule has 2 N–H and O–H groups in total. The molecular weight excluding hydrogens is 142 g/mol. The maximum Gasteiger partial charge on any atom is 0.384 e. The Bertz CT molecular complexity index is 136. The Balaban J connectivity index is 0. The fraction of sp³-hybridized carbons (Fsp3) is 0.400. The summed E-state index contributed by atoms with van der Waals surface area (Å²) >= 11 is 0. The molecule has 4 heteroatoms. The van der Waals surface area contributed by atoms with Gasteiger partial charge in [-0.15, -0.1) is 12.4 Å². The highest BCUT2D eigenvalue weighted by atomic mass is 35.5. The van der Waals surface area contributed by atoms with E-state index in [2.05, 4.69) is 16.6 Å². The van der Waals surface area contributed by atoms with Crippen LogP contribution in [0.1, 0.15) is 0 Å². The largest absolute Gasteiger partial charge is 0.459 e. The van der Waals surface area contributed by atoms with Crippen LogP contribution in [0.25, 0.3) is 0 Å². The number of ether oxygens (including phenoxy) is 1. The lowest BCUT2D eigenvalue weighted by atomic mass is 10.6. The average Bonchev–Trinajstić information content (AvgIpc) is 1.83. The van der Waals surface area contributed by atoms with Crippen LogP contribution in [0, 0.1) is 11.8 Å². The SMILES string of the molecule is COC(=O)C#CCN.Cl. The molecule has 52 valence electrons. The fourth-order valence-corrected chi connectivity index (χ4v) is 0.174. The maximum absolute atomic E-state index is 10.1. The molecule has 0 saturated carbocycles. The smallest absolute Gasteiger partial charge is 0.384 e. The maximum atomic E-state index is 10.1. The molecule has 0 heterocycles. The minimum atomic E-state index is -0.546. The number of carbonyl (C=O) groups is 1.